The van der Waals surface area contributed by atoms with Gasteiger partial charge in [-0.25, -0.2) is 18.7 Å². The number of hydrogen-bond donors (Lipinski definition) is 0. The Hall–Kier alpha value is -3.30. The number of benzene rings is 2. The Morgan fingerprint density at radius 3 is 2.47 bits per heavy atom. The molecule has 0 amide bonds. The first-order chi connectivity index (χ1) is 14.2. The van der Waals surface area contributed by atoms with Gasteiger partial charge in [0.2, 0.25) is 0 Å². The number of carbonyl (C=O) groups excluding carboxylic acids is 1. The molecule has 2 aromatic carbocycles. The maximum atomic E-state index is 13.2. The largest absolute Gasteiger partial charge is 0.465 e. The molecule has 0 saturated carbocycles. The lowest BCUT2D eigenvalue weighted by atomic mass is 10.1. The number of carbonyl (C=O) groups is 1. The van der Waals surface area contributed by atoms with Gasteiger partial charge in [0.15, 0.2) is 5.82 Å². The highest BCUT2D eigenvalue weighted by Gasteiger charge is 2.29. The molecule has 4 aromatic rings. The summed E-state index contributed by atoms with van der Waals surface area (Å²) in [6.45, 7) is 1.94. The number of aryl methyl sites for hydroxylation is 1. The summed E-state index contributed by atoms with van der Waals surface area (Å²) in [6.07, 6.45) is 0. The van der Waals surface area contributed by atoms with Gasteiger partial charge < -0.3 is 4.74 Å². The average molecular weight is 424 g/mol. The zero-order valence-corrected chi connectivity index (χ0v) is 17.8. The molecule has 4 rings (SSSR count). The first-order valence-electron chi connectivity index (χ1n) is 9.14. The van der Waals surface area contributed by atoms with E-state index in [0.29, 0.717) is 16.6 Å². The molecule has 154 valence electrons. The molecular formula is C21H20N4O4S. The molecule has 0 fully saturated rings. The summed E-state index contributed by atoms with van der Waals surface area (Å²) in [5, 5.41) is 0.747. The van der Waals surface area contributed by atoms with Crippen LogP contribution in [0.25, 0.3) is 33.5 Å². The molecule has 8 nitrogen and oxygen atoms in total. The van der Waals surface area contributed by atoms with E-state index in [9.17, 15) is 13.2 Å². The fraction of sp³-hybridized carbons (Fsp3) is 0.190. The third kappa shape index (κ3) is 3.12. The molecule has 2 aromatic heterocycles. The normalized spacial score (nSPS) is 12.0. The van der Waals surface area contributed by atoms with Gasteiger partial charge in [0.05, 0.1) is 29.2 Å². The number of ether oxygens (including phenoxy) is 1. The highest BCUT2D eigenvalue weighted by atomic mass is 32.2. The molecule has 0 radical (unpaired) electrons. The average Bonchev–Trinajstić information content (AvgIpc) is 3.12. The van der Waals surface area contributed by atoms with Gasteiger partial charge in [0.25, 0.3) is 0 Å². The minimum Gasteiger partial charge on any atom is -0.465 e. The van der Waals surface area contributed by atoms with Crippen LogP contribution in [0, 0.1) is 6.92 Å². The van der Waals surface area contributed by atoms with Crippen molar-refractivity contribution in [2.75, 3.05) is 21.2 Å². The Balaban J connectivity index is 2.15. The van der Waals surface area contributed by atoms with Crippen molar-refractivity contribution in [3.63, 3.8) is 0 Å². The summed E-state index contributed by atoms with van der Waals surface area (Å²) in [4.78, 5) is 21.7. The molecule has 9 heteroatoms. The lowest BCUT2D eigenvalue weighted by molar-refractivity contribution is 0.0601. The van der Waals surface area contributed by atoms with Crippen LogP contribution in [0.4, 0.5) is 0 Å². The van der Waals surface area contributed by atoms with Crippen LogP contribution in [-0.2, 0) is 14.9 Å². The van der Waals surface area contributed by atoms with E-state index in [0.717, 1.165) is 19.2 Å². The minimum absolute atomic E-state index is 0.0489. The van der Waals surface area contributed by atoms with Crippen LogP contribution in [0.2, 0.25) is 0 Å². The van der Waals surface area contributed by atoms with E-state index < -0.39 is 16.2 Å². The molecule has 0 aliphatic rings. The third-order valence-electron chi connectivity index (χ3n) is 4.80. The van der Waals surface area contributed by atoms with E-state index in [2.05, 4.69) is 9.97 Å². The number of fused-ring (bicyclic) bond motifs is 2. The van der Waals surface area contributed by atoms with Gasteiger partial charge in [-0.1, -0.05) is 23.8 Å². The lowest BCUT2D eigenvalue weighted by Crippen LogP contribution is -2.29. The zero-order valence-electron chi connectivity index (χ0n) is 16.9. The smallest absolute Gasteiger partial charge is 0.340 e. The van der Waals surface area contributed by atoms with E-state index in [4.69, 9.17) is 4.74 Å². The van der Waals surface area contributed by atoms with Crippen LogP contribution in [0.15, 0.2) is 48.5 Å². The number of esters is 1. The summed E-state index contributed by atoms with van der Waals surface area (Å²) in [5.41, 5.74) is 2.77. The molecule has 0 unspecified atom stereocenters. The fourth-order valence-corrected chi connectivity index (χ4v) is 4.36. The summed E-state index contributed by atoms with van der Waals surface area (Å²) >= 11 is 0. The summed E-state index contributed by atoms with van der Waals surface area (Å²) in [5.74, 6) is -0.575. The quantitative estimate of drug-likeness (QED) is 0.468. The van der Waals surface area contributed by atoms with Crippen LogP contribution in [0.5, 0.6) is 0 Å². The van der Waals surface area contributed by atoms with E-state index in [1.54, 1.807) is 30.3 Å². The van der Waals surface area contributed by atoms with Crippen LogP contribution < -0.4 is 0 Å². The highest BCUT2D eigenvalue weighted by Crippen LogP contribution is 2.31. The molecule has 0 spiro atoms. The van der Waals surface area contributed by atoms with Crippen molar-refractivity contribution in [1.82, 2.24) is 18.2 Å². The second-order valence-corrected chi connectivity index (χ2v) is 9.04. The maximum Gasteiger partial charge on any atom is 0.340 e. The third-order valence-corrected chi connectivity index (χ3v) is 6.55. The lowest BCUT2D eigenvalue weighted by Gasteiger charge is -2.16. The number of nitrogens with zero attached hydrogens (tertiary/aromatic N) is 4. The number of aromatic nitrogens is 3. The molecule has 0 atom stereocenters. The van der Waals surface area contributed by atoms with Gasteiger partial charge in [-0.05, 0) is 37.3 Å². The Morgan fingerprint density at radius 2 is 1.77 bits per heavy atom. The molecule has 0 aliphatic heterocycles. The first kappa shape index (κ1) is 20.0. The SMILES string of the molecule is COC(=O)c1cc2cc(C)ccc2nc1-c1nc2ccccc2n1S(=O)(=O)N(C)C. The topological polar surface area (TPSA) is 94.4 Å². The van der Waals surface area contributed by atoms with Crippen molar-refractivity contribution in [1.29, 1.82) is 0 Å². The van der Waals surface area contributed by atoms with Gasteiger partial charge in [-0.3, -0.25) is 0 Å². The van der Waals surface area contributed by atoms with Crippen LogP contribution in [-0.4, -0.2) is 53.8 Å². The summed E-state index contributed by atoms with van der Waals surface area (Å²) in [6, 6.07) is 14.1. The van der Waals surface area contributed by atoms with Crippen molar-refractivity contribution in [2.24, 2.45) is 0 Å². The van der Waals surface area contributed by atoms with E-state index in [1.807, 2.05) is 25.1 Å². The molecule has 30 heavy (non-hydrogen) atoms. The van der Waals surface area contributed by atoms with Crippen LogP contribution >= 0.6 is 0 Å². The Morgan fingerprint density at radius 1 is 1.03 bits per heavy atom. The van der Waals surface area contributed by atoms with Gasteiger partial charge in [0, 0.05) is 19.5 Å². The molecule has 0 aliphatic carbocycles. The minimum atomic E-state index is -3.95. The Labute approximate surface area is 173 Å². The Bertz CT molecular complexity index is 1410. The van der Waals surface area contributed by atoms with Crippen molar-refractivity contribution in [3.8, 4) is 11.5 Å². The van der Waals surface area contributed by atoms with E-state index >= 15 is 0 Å². The highest BCUT2D eigenvalue weighted by molar-refractivity contribution is 7.87. The van der Waals surface area contributed by atoms with E-state index in [-0.39, 0.29) is 17.1 Å². The van der Waals surface area contributed by atoms with Crippen LogP contribution in [0.1, 0.15) is 15.9 Å². The van der Waals surface area contributed by atoms with Gasteiger partial charge in [-0.15, -0.1) is 0 Å². The van der Waals surface area contributed by atoms with Crippen molar-refractivity contribution in [2.45, 2.75) is 6.92 Å². The van der Waals surface area contributed by atoms with E-state index in [1.165, 1.54) is 21.2 Å². The number of rotatable bonds is 4. The predicted octanol–water partition coefficient (Wildman–Crippen LogP) is 3.00. The molecule has 2 heterocycles. The summed E-state index contributed by atoms with van der Waals surface area (Å²) in [7, 11) is 0.190. The number of hydrogen-bond acceptors (Lipinski definition) is 6. The van der Waals surface area contributed by atoms with Crippen LogP contribution in [0.3, 0.4) is 0 Å². The molecular weight excluding hydrogens is 404 g/mol. The number of para-hydroxylation sites is 2. The standard InChI is InChI=1S/C21H20N4O4S/c1-13-9-10-16-14(11-13)12-15(21(26)29-4)19(22-16)20-23-17-7-5-6-8-18(17)25(20)30(27,28)24(2)3/h5-12H,1-4H3. The van der Waals surface area contributed by atoms with Gasteiger partial charge in [0.1, 0.15) is 5.69 Å². The number of imidazole rings is 1. The first-order valence-corrected chi connectivity index (χ1v) is 10.5. The van der Waals surface area contributed by atoms with Gasteiger partial charge >= 0.3 is 16.2 Å². The molecule has 0 N–H and O–H groups in total. The predicted molar refractivity (Wildman–Crippen MR) is 115 cm³/mol. The zero-order chi connectivity index (χ0) is 21.6. The number of pyridine rings is 1. The van der Waals surface area contributed by atoms with Crippen molar-refractivity contribution in [3.05, 3.63) is 59.7 Å². The summed E-state index contributed by atoms with van der Waals surface area (Å²) < 4.78 is 33.5. The van der Waals surface area contributed by atoms with Crippen molar-refractivity contribution < 1.29 is 17.9 Å². The monoisotopic (exact) mass is 424 g/mol. The second-order valence-electron chi connectivity index (χ2n) is 7.05. The van der Waals surface area contributed by atoms with Gasteiger partial charge in [-0.2, -0.15) is 12.7 Å². The second kappa shape index (κ2) is 7.19. The Kier molecular flexibility index (Phi) is 4.79. The fourth-order valence-electron chi connectivity index (χ4n) is 3.28. The number of methoxy groups -OCH3 is 1. The molecule has 0 bridgehead atoms. The molecule has 0 saturated heterocycles. The maximum absolute atomic E-state index is 13.2. The van der Waals surface area contributed by atoms with Crippen molar-refractivity contribution >= 4 is 38.1 Å².